The molecule has 0 spiro atoms. The molecule has 1 saturated carbocycles. The second-order valence-corrected chi connectivity index (χ2v) is 6.85. The van der Waals surface area contributed by atoms with Gasteiger partial charge >= 0.3 is 6.03 Å². The minimum absolute atomic E-state index is 0.00624. The van der Waals surface area contributed by atoms with Gasteiger partial charge in [0.2, 0.25) is 0 Å². The molecule has 0 bridgehead atoms. The number of piperazine rings is 1. The number of carbonyl (C=O) groups is 1. The van der Waals surface area contributed by atoms with E-state index < -0.39 is 0 Å². The summed E-state index contributed by atoms with van der Waals surface area (Å²) in [6.45, 7) is 3.09. The van der Waals surface area contributed by atoms with Gasteiger partial charge in [-0.15, -0.1) is 0 Å². The molecular weight excluding hydrogens is 314 g/mol. The molecule has 2 aliphatic rings. The minimum atomic E-state index is 0.00624. The molecule has 1 aromatic carbocycles. The summed E-state index contributed by atoms with van der Waals surface area (Å²) in [6.07, 6.45) is 10.5. The number of hydrogen-bond acceptors (Lipinski definition) is 3. The van der Waals surface area contributed by atoms with Crippen LogP contribution in [0.4, 0.5) is 10.5 Å². The van der Waals surface area contributed by atoms with Gasteiger partial charge in [-0.2, -0.15) is 0 Å². The van der Waals surface area contributed by atoms with Gasteiger partial charge in [-0.05, 0) is 30.9 Å². The highest BCUT2D eigenvalue weighted by Gasteiger charge is 2.22. The van der Waals surface area contributed by atoms with Crippen molar-refractivity contribution in [2.75, 3.05) is 38.2 Å². The number of ether oxygens (including phenoxy) is 1. The van der Waals surface area contributed by atoms with Gasteiger partial charge in [-0.3, -0.25) is 0 Å². The Balaban J connectivity index is 1.46. The number of methoxy groups -OCH3 is 1. The molecule has 0 radical (unpaired) electrons. The molecule has 2 fully saturated rings. The fraction of sp³-hybridized carbons (Fsp3) is 0.550. The monoisotopic (exact) mass is 343 g/mol. The molecule has 1 aromatic rings. The third-order valence-electron chi connectivity index (χ3n) is 5.22. The molecule has 0 unspecified atom stereocenters. The number of benzene rings is 1. The Labute approximate surface area is 150 Å². The summed E-state index contributed by atoms with van der Waals surface area (Å²) in [7, 11) is 1.70. The summed E-state index contributed by atoms with van der Waals surface area (Å²) < 4.78 is 5.44. The average molecular weight is 343 g/mol. The molecule has 1 aliphatic heterocycles. The van der Waals surface area contributed by atoms with Crippen LogP contribution in [0.2, 0.25) is 0 Å². The van der Waals surface area contributed by atoms with Crippen molar-refractivity contribution < 1.29 is 9.53 Å². The fourth-order valence-corrected chi connectivity index (χ4v) is 3.71. The highest BCUT2D eigenvalue weighted by molar-refractivity contribution is 5.75. The summed E-state index contributed by atoms with van der Waals surface area (Å²) >= 11 is 0. The fourth-order valence-electron chi connectivity index (χ4n) is 3.71. The number of carbonyl (C=O) groups excluding carboxylic acids is 1. The molecule has 0 atom stereocenters. The lowest BCUT2D eigenvalue weighted by Crippen LogP contribution is -2.51. The van der Waals surface area contributed by atoms with Crippen LogP contribution >= 0.6 is 0 Å². The first-order valence-corrected chi connectivity index (χ1v) is 9.38. The molecule has 136 valence electrons. The van der Waals surface area contributed by atoms with Crippen LogP contribution < -0.4 is 15.0 Å². The maximum atomic E-state index is 12.3. The van der Waals surface area contributed by atoms with Gasteiger partial charge in [-0.25, -0.2) is 4.79 Å². The van der Waals surface area contributed by atoms with Gasteiger partial charge in [-0.1, -0.05) is 37.5 Å². The minimum Gasteiger partial charge on any atom is -0.495 e. The van der Waals surface area contributed by atoms with E-state index in [1.54, 1.807) is 7.11 Å². The number of urea groups is 1. The van der Waals surface area contributed by atoms with Crippen molar-refractivity contribution >= 4 is 11.7 Å². The number of rotatable bonds is 4. The van der Waals surface area contributed by atoms with Crippen molar-refractivity contribution in [2.24, 2.45) is 5.92 Å². The predicted molar refractivity (Wildman–Crippen MR) is 101 cm³/mol. The van der Waals surface area contributed by atoms with E-state index >= 15 is 0 Å². The van der Waals surface area contributed by atoms with Crippen LogP contribution in [0.25, 0.3) is 0 Å². The smallest absolute Gasteiger partial charge is 0.321 e. The number of nitrogens with one attached hydrogen (secondary N) is 1. The van der Waals surface area contributed by atoms with E-state index in [1.807, 2.05) is 29.3 Å². The molecule has 3 rings (SSSR count). The standard InChI is InChI=1S/C20H29N3O2/c1-25-19-10-6-5-9-18(19)22-13-15-23(16-14-22)20(24)21-12-11-17-7-3-2-4-8-17/h5-6,9-12,17H,2-4,7-8,13-16H2,1H3,(H,21,24)/b12-11+. The number of anilines is 1. The third kappa shape index (κ3) is 4.68. The zero-order valence-corrected chi connectivity index (χ0v) is 15.1. The quantitative estimate of drug-likeness (QED) is 0.908. The highest BCUT2D eigenvalue weighted by atomic mass is 16.5. The summed E-state index contributed by atoms with van der Waals surface area (Å²) in [6, 6.07) is 8.05. The molecule has 1 heterocycles. The average Bonchev–Trinajstić information content (AvgIpc) is 2.69. The van der Waals surface area contributed by atoms with Crippen molar-refractivity contribution in [2.45, 2.75) is 32.1 Å². The van der Waals surface area contributed by atoms with Crippen molar-refractivity contribution in [3.63, 3.8) is 0 Å². The van der Waals surface area contributed by atoms with E-state index in [1.165, 1.54) is 32.1 Å². The second-order valence-electron chi connectivity index (χ2n) is 6.85. The number of amides is 2. The Hall–Kier alpha value is -2.17. The molecule has 5 nitrogen and oxygen atoms in total. The molecule has 25 heavy (non-hydrogen) atoms. The van der Waals surface area contributed by atoms with E-state index in [2.05, 4.69) is 22.4 Å². The van der Waals surface area contributed by atoms with Crippen LogP contribution in [0, 0.1) is 5.92 Å². The van der Waals surface area contributed by atoms with Crippen molar-refractivity contribution in [1.29, 1.82) is 0 Å². The van der Waals surface area contributed by atoms with E-state index in [9.17, 15) is 4.79 Å². The van der Waals surface area contributed by atoms with Crippen LogP contribution in [0.15, 0.2) is 36.5 Å². The molecule has 1 N–H and O–H groups in total. The van der Waals surface area contributed by atoms with Gasteiger partial charge in [0.25, 0.3) is 0 Å². The maximum Gasteiger partial charge on any atom is 0.321 e. The number of hydrogen-bond donors (Lipinski definition) is 1. The van der Waals surface area contributed by atoms with Crippen molar-refractivity contribution in [3.05, 3.63) is 36.5 Å². The number of allylic oxidation sites excluding steroid dienone is 1. The van der Waals surface area contributed by atoms with Crippen molar-refractivity contribution in [3.8, 4) is 5.75 Å². The number of nitrogens with zero attached hydrogens (tertiary/aromatic N) is 2. The Morgan fingerprint density at radius 2 is 1.84 bits per heavy atom. The first kappa shape index (κ1) is 17.6. The van der Waals surface area contributed by atoms with Gasteiger partial charge < -0.3 is 19.9 Å². The third-order valence-corrected chi connectivity index (χ3v) is 5.22. The number of para-hydroxylation sites is 2. The Morgan fingerprint density at radius 1 is 1.12 bits per heavy atom. The zero-order chi connectivity index (χ0) is 17.5. The first-order valence-electron chi connectivity index (χ1n) is 9.38. The van der Waals surface area contributed by atoms with E-state index in [4.69, 9.17) is 4.74 Å². The summed E-state index contributed by atoms with van der Waals surface area (Å²) in [5.74, 6) is 1.52. The van der Waals surface area contributed by atoms with E-state index in [0.29, 0.717) is 5.92 Å². The van der Waals surface area contributed by atoms with Gasteiger partial charge in [0, 0.05) is 32.4 Å². The van der Waals surface area contributed by atoms with Crippen LogP contribution in [-0.2, 0) is 0 Å². The lowest BCUT2D eigenvalue weighted by molar-refractivity contribution is 0.198. The Morgan fingerprint density at radius 3 is 2.56 bits per heavy atom. The normalized spacial score (nSPS) is 19.2. The van der Waals surface area contributed by atoms with E-state index in [0.717, 1.165) is 37.6 Å². The molecular formula is C20H29N3O2. The van der Waals surface area contributed by atoms with E-state index in [-0.39, 0.29) is 6.03 Å². The van der Waals surface area contributed by atoms with Crippen LogP contribution in [-0.4, -0.2) is 44.2 Å². The lowest BCUT2D eigenvalue weighted by atomic mass is 9.89. The SMILES string of the molecule is COc1ccccc1N1CCN(C(=O)N/C=C/C2CCCCC2)CC1. The van der Waals surface area contributed by atoms with Gasteiger partial charge in [0.1, 0.15) is 5.75 Å². The Kier molecular flexibility index (Phi) is 6.20. The topological polar surface area (TPSA) is 44.8 Å². The second kappa shape index (κ2) is 8.79. The summed E-state index contributed by atoms with van der Waals surface area (Å²) in [5.41, 5.74) is 1.10. The van der Waals surface area contributed by atoms with Crippen LogP contribution in [0.1, 0.15) is 32.1 Å². The summed E-state index contributed by atoms with van der Waals surface area (Å²) in [5, 5.41) is 2.94. The predicted octanol–water partition coefficient (Wildman–Crippen LogP) is 3.62. The maximum absolute atomic E-state index is 12.3. The van der Waals surface area contributed by atoms with Crippen LogP contribution in [0.5, 0.6) is 5.75 Å². The molecule has 2 amide bonds. The largest absolute Gasteiger partial charge is 0.495 e. The molecule has 5 heteroatoms. The van der Waals surface area contributed by atoms with Gasteiger partial charge in [0.15, 0.2) is 0 Å². The Bertz CT molecular complexity index is 588. The summed E-state index contributed by atoms with van der Waals surface area (Å²) in [4.78, 5) is 16.5. The highest BCUT2D eigenvalue weighted by Crippen LogP contribution is 2.28. The zero-order valence-electron chi connectivity index (χ0n) is 15.1. The molecule has 1 aliphatic carbocycles. The molecule has 1 saturated heterocycles. The van der Waals surface area contributed by atoms with Crippen molar-refractivity contribution in [1.82, 2.24) is 10.2 Å². The van der Waals surface area contributed by atoms with Crippen LogP contribution in [0.3, 0.4) is 0 Å². The first-order chi connectivity index (χ1) is 12.3. The van der Waals surface area contributed by atoms with Gasteiger partial charge in [0.05, 0.1) is 12.8 Å². The molecule has 0 aromatic heterocycles. The lowest BCUT2D eigenvalue weighted by Gasteiger charge is -2.36.